The summed E-state index contributed by atoms with van der Waals surface area (Å²) in [7, 11) is -9.45. The molecule has 3 heterocycles. The molecule has 1 aliphatic rings. The molecule has 1 fully saturated rings. The highest BCUT2D eigenvalue weighted by Gasteiger charge is 2.34. The summed E-state index contributed by atoms with van der Waals surface area (Å²) < 4.78 is 96.4. The maximum absolute atomic E-state index is 14.1. The van der Waals surface area contributed by atoms with Crippen LogP contribution in [0.2, 0.25) is 0 Å². The highest BCUT2D eigenvalue weighted by molar-refractivity contribution is 8.25. The van der Waals surface area contributed by atoms with Gasteiger partial charge in [0.05, 0.1) is 10.6 Å². The number of hydrogen-bond acceptors (Lipinski definition) is 11. The quantitative estimate of drug-likeness (QED) is 0.213. The number of rotatable bonds is 9. The van der Waals surface area contributed by atoms with Gasteiger partial charge in [-0.1, -0.05) is 23.8 Å². The molecule has 246 valence electrons. The number of nitrogens with zero attached hydrogens (tertiary/aromatic N) is 4. The monoisotopic (exact) mass is 693 g/mol. The van der Waals surface area contributed by atoms with Gasteiger partial charge in [-0.15, -0.1) is 10.8 Å². The normalized spacial score (nSPS) is 15.9. The van der Waals surface area contributed by atoms with Crippen LogP contribution in [-0.2, 0) is 26.7 Å². The fourth-order valence-electron chi connectivity index (χ4n) is 4.80. The number of anilines is 1. The topological polar surface area (TPSA) is 179 Å². The number of fused-ring (bicyclic) bond motifs is 1. The summed E-state index contributed by atoms with van der Waals surface area (Å²) in [6, 6.07) is 12.0. The lowest BCUT2D eigenvalue weighted by Crippen LogP contribution is -2.36. The molecular weight excluding hydrogens is 662 g/mol. The highest BCUT2D eigenvalue weighted by atomic mass is 32.3. The number of nitrogens with one attached hydrogen (secondary N) is 1. The molecule has 2 aromatic heterocycles. The van der Waals surface area contributed by atoms with Gasteiger partial charge in [-0.3, -0.25) is 23.2 Å². The van der Waals surface area contributed by atoms with Crippen LogP contribution in [0.15, 0.2) is 70.6 Å². The lowest BCUT2D eigenvalue weighted by molar-refractivity contribution is 0.0944. The van der Waals surface area contributed by atoms with Gasteiger partial charge >= 0.3 is 10.1 Å². The first-order valence-corrected chi connectivity index (χ1v) is 18.5. The van der Waals surface area contributed by atoms with Crippen molar-refractivity contribution in [2.45, 2.75) is 36.1 Å². The molecule has 0 bridgehead atoms. The lowest BCUT2D eigenvalue weighted by Gasteiger charge is -2.47. The van der Waals surface area contributed by atoms with Gasteiger partial charge in [0.1, 0.15) is 16.2 Å². The van der Waals surface area contributed by atoms with Crippen molar-refractivity contribution in [3.63, 3.8) is 0 Å². The third-order valence-electron chi connectivity index (χ3n) is 7.26. The molecule has 13 nitrogen and oxygen atoms in total. The largest absolute Gasteiger partial charge is 0.374 e. The van der Waals surface area contributed by atoms with E-state index in [1.54, 1.807) is 31.2 Å². The second-order valence-corrected chi connectivity index (χ2v) is 16.5. The lowest BCUT2D eigenvalue weighted by atomic mass is 10.1. The first-order valence-electron chi connectivity index (χ1n) is 13.9. The zero-order chi connectivity index (χ0) is 33.4. The van der Waals surface area contributed by atoms with Gasteiger partial charge in [-0.05, 0) is 61.7 Å². The SMILES string of the molecule is Cc1ccc(S(=O)(=O)Oc2c(C(=O)NCc3ccc(F)cc3S(=O)(=O)N(C)C)nc(N3CCCCS3(O)O)c3cccnc23)cc1. The molecule has 5 rings (SSSR count). The van der Waals surface area contributed by atoms with Crippen molar-refractivity contribution < 1.29 is 39.3 Å². The standard InChI is InChI=1S/C29H32FN5O8S3/c1-19-8-12-22(13-9-19)46(41,42)43-27-25-23(7-6-14-31-25)28(35-15-4-5-16-44(35,37)38)33-26(27)29(36)32-18-20-10-11-21(30)17-24(20)45(39,40)34(2)3/h6-14,17,37-38H,4-5,15-16,18H2,1-3H3,(H,32,36). The summed E-state index contributed by atoms with van der Waals surface area (Å²) >= 11 is 0. The minimum atomic E-state index is -4.54. The Kier molecular flexibility index (Phi) is 9.27. The Bertz CT molecular complexity index is 2020. The van der Waals surface area contributed by atoms with Crippen LogP contribution in [0.25, 0.3) is 10.9 Å². The summed E-state index contributed by atoms with van der Waals surface area (Å²) in [5.41, 5.74) is 0.195. The number of aromatic nitrogens is 2. The van der Waals surface area contributed by atoms with Crippen LogP contribution in [0.1, 0.15) is 34.5 Å². The molecule has 0 radical (unpaired) electrons. The van der Waals surface area contributed by atoms with Crippen molar-refractivity contribution in [3.8, 4) is 5.75 Å². The molecule has 17 heteroatoms. The summed E-state index contributed by atoms with van der Waals surface area (Å²) in [4.78, 5) is 22.0. The Hall–Kier alpha value is -3.87. The Balaban J connectivity index is 1.64. The molecule has 3 N–H and O–H groups in total. The molecule has 46 heavy (non-hydrogen) atoms. The first kappa shape index (κ1) is 33.5. The van der Waals surface area contributed by atoms with E-state index < -0.39 is 60.6 Å². The second-order valence-electron chi connectivity index (χ2n) is 10.7. The minimum Gasteiger partial charge on any atom is -0.374 e. The van der Waals surface area contributed by atoms with E-state index >= 15 is 0 Å². The van der Waals surface area contributed by atoms with E-state index in [9.17, 15) is 35.1 Å². The van der Waals surface area contributed by atoms with Crippen LogP contribution in [-0.4, -0.2) is 72.5 Å². The van der Waals surface area contributed by atoms with Crippen molar-refractivity contribution in [3.05, 3.63) is 83.4 Å². The summed E-state index contributed by atoms with van der Waals surface area (Å²) in [5.74, 6) is -2.28. The van der Waals surface area contributed by atoms with Crippen molar-refractivity contribution in [2.24, 2.45) is 0 Å². The summed E-state index contributed by atoms with van der Waals surface area (Å²) in [6.07, 6.45) is 2.49. The fraction of sp³-hybridized carbons (Fsp3) is 0.276. The third kappa shape index (κ3) is 6.65. The van der Waals surface area contributed by atoms with Crippen molar-refractivity contribution in [1.82, 2.24) is 19.6 Å². The summed E-state index contributed by atoms with van der Waals surface area (Å²) in [5, 5.41) is 2.73. The fourth-order valence-corrected chi connectivity index (χ4v) is 8.52. The molecule has 0 aliphatic carbocycles. The number of sulfonamides is 1. The number of carbonyl (C=O) groups is 1. The van der Waals surface area contributed by atoms with Crippen LogP contribution < -0.4 is 13.8 Å². The number of hydrogen-bond donors (Lipinski definition) is 3. The molecule has 0 unspecified atom stereocenters. The van der Waals surface area contributed by atoms with E-state index in [1.165, 1.54) is 42.8 Å². The average molecular weight is 694 g/mol. The smallest absolute Gasteiger partial charge is 0.339 e. The predicted octanol–water partition coefficient (Wildman–Crippen LogP) is 4.29. The number of aryl methyl sites for hydroxylation is 1. The first-order chi connectivity index (χ1) is 21.6. The minimum absolute atomic E-state index is 0.0225. The number of carbonyl (C=O) groups excluding carboxylic acids is 1. The molecule has 0 spiro atoms. The zero-order valence-electron chi connectivity index (χ0n) is 25.0. The van der Waals surface area contributed by atoms with Crippen molar-refractivity contribution in [1.29, 1.82) is 0 Å². The zero-order valence-corrected chi connectivity index (χ0v) is 27.5. The number of halogens is 1. The Morgan fingerprint density at radius 1 is 1.09 bits per heavy atom. The van der Waals surface area contributed by atoms with Crippen LogP contribution in [0, 0.1) is 12.7 Å². The highest BCUT2D eigenvalue weighted by Crippen LogP contribution is 2.51. The molecule has 2 aromatic carbocycles. The van der Waals surface area contributed by atoms with Gasteiger partial charge in [0.2, 0.25) is 15.8 Å². The van der Waals surface area contributed by atoms with Crippen LogP contribution >= 0.6 is 10.8 Å². The third-order valence-corrected chi connectivity index (χ3v) is 12.3. The summed E-state index contributed by atoms with van der Waals surface area (Å²) in [6.45, 7) is 1.53. The Morgan fingerprint density at radius 2 is 1.80 bits per heavy atom. The van der Waals surface area contributed by atoms with Gasteiger partial charge < -0.3 is 9.50 Å². The Morgan fingerprint density at radius 3 is 2.48 bits per heavy atom. The van der Waals surface area contributed by atoms with Gasteiger partial charge in [0.25, 0.3) is 5.91 Å². The van der Waals surface area contributed by atoms with E-state index in [0.717, 1.165) is 22.0 Å². The van der Waals surface area contributed by atoms with E-state index in [0.29, 0.717) is 12.8 Å². The van der Waals surface area contributed by atoms with Gasteiger partial charge in [0.15, 0.2) is 11.5 Å². The molecule has 0 atom stereocenters. The van der Waals surface area contributed by atoms with E-state index in [2.05, 4.69) is 15.3 Å². The van der Waals surface area contributed by atoms with Crippen LogP contribution in [0.4, 0.5) is 10.2 Å². The van der Waals surface area contributed by atoms with Gasteiger partial charge in [0, 0.05) is 38.8 Å². The molecule has 1 aliphatic heterocycles. The molecule has 1 saturated heterocycles. The number of pyridine rings is 2. The number of benzene rings is 2. The predicted molar refractivity (Wildman–Crippen MR) is 171 cm³/mol. The van der Waals surface area contributed by atoms with Crippen LogP contribution in [0.5, 0.6) is 5.75 Å². The van der Waals surface area contributed by atoms with E-state index in [1.807, 2.05) is 0 Å². The maximum Gasteiger partial charge on any atom is 0.339 e. The van der Waals surface area contributed by atoms with E-state index in [-0.39, 0.29) is 44.4 Å². The van der Waals surface area contributed by atoms with Gasteiger partial charge in [-0.2, -0.15) is 8.42 Å². The average Bonchev–Trinajstić information content (AvgIpc) is 3.00. The Labute approximate surface area is 267 Å². The molecule has 4 aromatic rings. The van der Waals surface area contributed by atoms with Crippen LogP contribution in [0.3, 0.4) is 0 Å². The van der Waals surface area contributed by atoms with Crippen molar-refractivity contribution >= 4 is 53.5 Å². The maximum atomic E-state index is 14.1. The number of amides is 1. The second kappa shape index (κ2) is 12.7. The van der Waals surface area contributed by atoms with Gasteiger partial charge in [-0.25, -0.2) is 22.1 Å². The molecule has 1 amide bonds. The van der Waals surface area contributed by atoms with E-state index in [4.69, 9.17) is 4.18 Å². The molecule has 0 saturated carbocycles. The molecular formula is C29H32FN5O8S3. The van der Waals surface area contributed by atoms with Crippen molar-refractivity contribution in [2.75, 3.05) is 30.7 Å².